The van der Waals surface area contributed by atoms with E-state index in [1.807, 2.05) is 49.7 Å². The Bertz CT molecular complexity index is 1030. The van der Waals surface area contributed by atoms with Crippen LogP contribution in [-0.2, 0) is 23.0 Å². The Morgan fingerprint density at radius 2 is 2.07 bits per heavy atom. The Kier molecular flexibility index (Phi) is 4.72. The first-order chi connectivity index (χ1) is 13.1. The lowest BCUT2D eigenvalue weighted by Crippen LogP contribution is -2.25. The van der Waals surface area contributed by atoms with E-state index in [-0.39, 0.29) is 24.0 Å². The van der Waals surface area contributed by atoms with E-state index in [1.54, 1.807) is 20.7 Å². The summed E-state index contributed by atoms with van der Waals surface area (Å²) in [5.74, 6) is -0.215. The number of carbonyl (C=O) groups is 1. The van der Waals surface area contributed by atoms with Crippen LogP contribution in [0.15, 0.2) is 46.6 Å². The number of rotatable bonds is 4. The van der Waals surface area contributed by atoms with Crippen molar-refractivity contribution in [2.24, 2.45) is 7.05 Å². The number of amides is 1. The van der Waals surface area contributed by atoms with Crippen LogP contribution in [0.4, 0.5) is 5.69 Å². The Hall–Kier alpha value is -2.64. The summed E-state index contributed by atoms with van der Waals surface area (Å²) in [7, 11) is 1.81. The molecule has 0 aliphatic carbocycles. The SMILES string of the molecule is Cc1c(NC(=O)C[C@@H]2OCCc3ccsc32)c(=O)n(-c2ccccc2)n1C. The van der Waals surface area contributed by atoms with Crippen LogP contribution in [0, 0.1) is 6.92 Å². The second kappa shape index (κ2) is 7.17. The van der Waals surface area contributed by atoms with E-state index < -0.39 is 0 Å². The van der Waals surface area contributed by atoms with Crippen molar-refractivity contribution < 1.29 is 9.53 Å². The van der Waals surface area contributed by atoms with Crippen LogP contribution in [-0.4, -0.2) is 21.9 Å². The van der Waals surface area contributed by atoms with E-state index in [1.165, 1.54) is 5.56 Å². The van der Waals surface area contributed by atoms with Gasteiger partial charge in [-0.1, -0.05) is 18.2 Å². The van der Waals surface area contributed by atoms with E-state index in [0.717, 1.165) is 17.0 Å². The molecule has 0 unspecified atom stereocenters. The van der Waals surface area contributed by atoms with Crippen LogP contribution in [0.3, 0.4) is 0 Å². The van der Waals surface area contributed by atoms with Gasteiger partial charge in [0.25, 0.3) is 5.56 Å². The normalized spacial score (nSPS) is 16.1. The van der Waals surface area contributed by atoms with Gasteiger partial charge in [0.2, 0.25) is 5.91 Å². The number of ether oxygens (including phenoxy) is 1. The highest BCUT2D eigenvalue weighted by Gasteiger charge is 2.26. The second-order valence-electron chi connectivity index (χ2n) is 6.61. The van der Waals surface area contributed by atoms with Gasteiger partial charge in [-0.25, -0.2) is 4.68 Å². The summed E-state index contributed by atoms with van der Waals surface area (Å²) in [6.45, 7) is 2.44. The van der Waals surface area contributed by atoms with Crippen LogP contribution in [0.2, 0.25) is 0 Å². The van der Waals surface area contributed by atoms with Crippen molar-refractivity contribution >= 4 is 22.9 Å². The van der Waals surface area contributed by atoms with Crippen molar-refractivity contribution in [1.82, 2.24) is 9.36 Å². The van der Waals surface area contributed by atoms with E-state index >= 15 is 0 Å². The van der Waals surface area contributed by atoms with Crippen molar-refractivity contribution in [3.8, 4) is 5.69 Å². The Morgan fingerprint density at radius 3 is 2.85 bits per heavy atom. The van der Waals surface area contributed by atoms with Gasteiger partial charge in [0.15, 0.2) is 0 Å². The summed E-state index contributed by atoms with van der Waals surface area (Å²) < 4.78 is 9.10. The molecule has 3 aromatic rings. The molecule has 0 radical (unpaired) electrons. The summed E-state index contributed by atoms with van der Waals surface area (Å²) in [6.07, 6.45) is 0.845. The minimum atomic E-state index is -0.242. The minimum absolute atomic E-state index is 0.201. The zero-order valence-electron chi connectivity index (χ0n) is 15.3. The third-order valence-corrected chi connectivity index (χ3v) is 6.00. The first-order valence-electron chi connectivity index (χ1n) is 8.88. The molecule has 1 aliphatic heterocycles. The van der Waals surface area contributed by atoms with Gasteiger partial charge in [-0.2, -0.15) is 0 Å². The van der Waals surface area contributed by atoms with Gasteiger partial charge in [-0.3, -0.25) is 14.3 Å². The molecule has 6 nitrogen and oxygen atoms in total. The van der Waals surface area contributed by atoms with Crippen LogP contribution in [0.1, 0.15) is 28.7 Å². The molecule has 0 bridgehead atoms. The van der Waals surface area contributed by atoms with E-state index in [4.69, 9.17) is 4.74 Å². The van der Waals surface area contributed by atoms with Crippen LogP contribution in [0.25, 0.3) is 5.69 Å². The number of benzene rings is 1. The number of aromatic nitrogens is 2. The fourth-order valence-corrected chi connectivity index (χ4v) is 4.45. The summed E-state index contributed by atoms with van der Waals surface area (Å²) in [6, 6.07) is 11.5. The number of fused-ring (bicyclic) bond motifs is 1. The van der Waals surface area contributed by atoms with Crippen LogP contribution in [0.5, 0.6) is 0 Å². The van der Waals surface area contributed by atoms with Crippen molar-refractivity contribution in [2.45, 2.75) is 25.9 Å². The molecule has 0 saturated carbocycles. The van der Waals surface area contributed by atoms with Crippen molar-refractivity contribution in [3.63, 3.8) is 0 Å². The molecule has 0 fully saturated rings. The van der Waals surface area contributed by atoms with Crippen molar-refractivity contribution in [3.05, 3.63) is 68.3 Å². The molecule has 1 aliphatic rings. The lowest BCUT2D eigenvalue weighted by atomic mass is 10.1. The van der Waals surface area contributed by atoms with Gasteiger partial charge in [0, 0.05) is 11.9 Å². The topological polar surface area (TPSA) is 65.3 Å². The van der Waals surface area contributed by atoms with Crippen molar-refractivity contribution in [2.75, 3.05) is 11.9 Å². The molecule has 27 heavy (non-hydrogen) atoms. The highest BCUT2D eigenvalue weighted by atomic mass is 32.1. The average Bonchev–Trinajstić information content (AvgIpc) is 3.23. The number of carbonyl (C=O) groups excluding carboxylic acids is 1. The molecule has 3 heterocycles. The van der Waals surface area contributed by atoms with E-state index in [2.05, 4.69) is 11.4 Å². The summed E-state index contributed by atoms with van der Waals surface area (Å²) in [5, 5.41) is 4.84. The number of thiophene rings is 1. The molecule has 1 amide bonds. The molecule has 1 aromatic carbocycles. The first kappa shape index (κ1) is 17.8. The number of nitrogens with zero attached hydrogens (tertiary/aromatic N) is 2. The Labute approximate surface area is 161 Å². The highest BCUT2D eigenvalue weighted by Crippen LogP contribution is 2.34. The number of nitrogens with one attached hydrogen (secondary N) is 1. The maximum atomic E-state index is 12.9. The van der Waals surface area contributed by atoms with Gasteiger partial charge < -0.3 is 10.1 Å². The van der Waals surface area contributed by atoms with Gasteiger partial charge in [0.1, 0.15) is 11.8 Å². The molecule has 7 heteroatoms. The molecule has 0 saturated heterocycles. The molecule has 0 spiro atoms. The number of para-hydroxylation sites is 1. The maximum Gasteiger partial charge on any atom is 0.295 e. The minimum Gasteiger partial charge on any atom is -0.372 e. The summed E-state index contributed by atoms with van der Waals surface area (Å²) in [5.41, 5.74) is 2.79. The second-order valence-corrected chi connectivity index (χ2v) is 7.56. The van der Waals surface area contributed by atoms with Gasteiger partial charge in [-0.05, 0) is 42.5 Å². The smallest absolute Gasteiger partial charge is 0.295 e. The fourth-order valence-electron chi connectivity index (χ4n) is 3.45. The number of anilines is 1. The molecule has 2 aromatic heterocycles. The monoisotopic (exact) mass is 383 g/mol. The lowest BCUT2D eigenvalue weighted by molar-refractivity contribution is -0.119. The van der Waals surface area contributed by atoms with Crippen molar-refractivity contribution in [1.29, 1.82) is 0 Å². The zero-order chi connectivity index (χ0) is 19.0. The fraction of sp³-hybridized carbons (Fsp3) is 0.300. The Morgan fingerprint density at radius 1 is 1.30 bits per heavy atom. The van der Waals surface area contributed by atoms with Gasteiger partial charge >= 0.3 is 0 Å². The highest BCUT2D eigenvalue weighted by molar-refractivity contribution is 7.10. The molecular formula is C20H21N3O3S. The van der Waals surface area contributed by atoms with E-state index in [9.17, 15) is 9.59 Å². The van der Waals surface area contributed by atoms with Gasteiger partial charge in [0.05, 0.1) is 24.4 Å². The third-order valence-electron chi connectivity index (χ3n) is 4.95. The summed E-state index contributed by atoms with van der Waals surface area (Å²) >= 11 is 1.62. The summed E-state index contributed by atoms with van der Waals surface area (Å²) in [4.78, 5) is 26.6. The first-order valence-corrected chi connectivity index (χ1v) is 9.76. The number of hydrogen-bond donors (Lipinski definition) is 1. The standard InChI is InChI=1S/C20H21N3O3S/c1-13-18(20(25)23(22(13)2)15-6-4-3-5-7-15)21-17(24)12-16-19-14(8-10-26-16)9-11-27-19/h3-7,9,11,16H,8,10,12H2,1-2H3,(H,21,24)/t16-/m0/s1. The molecular weight excluding hydrogens is 362 g/mol. The van der Waals surface area contributed by atoms with Crippen LogP contribution >= 0.6 is 11.3 Å². The third kappa shape index (κ3) is 3.24. The maximum absolute atomic E-state index is 12.9. The largest absolute Gasteiger partial charge is 0.372 e. The number of hydrogen-bond acceptors (Lipinski definition) is 4. The predicted molar refractivity (Wildman–Crippen MR) is 106 cm³/mol. The predicted octanol–water partition coefficient (Wildman–Crippen LogP) is 3.19. The Balaban J connectivity index is 1.57. The molecule has 1 N–H and O–H groups in total. The lowest BCUT2D eigenvalue weighted by Gasteiger charge is -2.22. The molecule has 140 valence electrons. The quantitative estimate of drug-likeness (QED) is 0.752. The molecule has 4 rings (SSSR count). The van der Waals surface area contributed by atoms with Gasteiger partial charge in [-0.15, -0.1) is 11.3 Å². The average molecular weight is 383 g/mol. The zero-order valence-corrected chi connectivity index (χ0v) is 16.1. The van der Waals surface area contributed by atoms with E-state index in [0.29, 0.717) is 18.0 Å². The van der Waals surface area contributed by atoms with Crippen LogP contribution < -0.4 is 10.9 Å². The molecule has 1 atom stereocenters.